The highest BCUT2D eigenvalue weighted by Crippen LogP contribution is 2.08. The van der Waals surface area contributed by atoms with Crippen molar-refractivity contribution in [3.63, 3.8) is 0 Å². The van der Waals surface area contributed by atoms with E-state index in [0.717, 1.165) is 18.9 Å². The number of piperidine rings is 1. The second-order valence-corrected chi connectivity index (χ2v) is 3.40. The van der Waals surface area contributed by atoms with E-state index in [4.69, 9.17) is 0 Å². The number of hydrogen-bond donors (Lipinski definition) is 2. The predicted octanol–water partition coefficient (Wildman–Crippen LogP) is 1.67. The highest BCUT2D eigenvalue weighted by molar-refractivity contribution is 5.85. The quantitative estimate of drug-likeness (QED) is 0.785. The minimum absolute atomic E-state index is 0. The molecule has 0 aliphatic carbocycles. The van der Waals surface area contributed by atoms with Gasteiger partial charge >= 0.3 is 0 Å². The lowest BCUT2D eigenvalue weighted by molar-refractivity contribution is 0.479. The molecular weight excluding hydrogens is 198 g/mol. The molecule has 0 unspecified atom stereocenters. The number of rotatable bonds is 2. The Morgan fingerprint density at radius 2 is 2.36 bits per heavy atom. The maximum absolute atomic E-state index is 4.23. The van der Waals surface area contributed by atoms with Crippen molar-refractivity contribution in [2.45, 2.75) is 18.9 Å². The monoisotopic (exact) mass is 213 g/mol. The fraction of sp³-hybridized carbons (Fsp3) is 0.500. The van der Waals surface area contributed by atoms with Crippen molar-refractivity contribution in [2.24, 2.45) is 0 Å². The van der Waals surface area contributed by atoms with Crippen LogP contribution in [0.4, 0.5) is 5.82 Å². The Morgan fingerprint density at radius 3 is 3.00 bits per heavy atom. The fourth-order valence-electron chi connectivity index (χ4n) is 1.63. The molecule has 0 aromatic carbocycles. The number of nitrogens with one attached hydrogen (secondary N) is 2. The van der Waals surface area contributed by atoms with Crippen molar-refractivity contribution in [3.8, 4) is 0 Å². The lowest BCUT2D eigenvalue weighted by atomic mass is 10.1. The van der Waals surface area contributed by atoms with Crippen molar-refractivity contribution in [1.29, 1.82) is 0 Å². The van der Waals surface area contributed by atoms with E-state index in [9.17, 15) is 0 Å². The van der Waals surface area contributed by atoms with Crippen LogP contribution in [0, 0.1) is 0 Å². The Balaban J connectivity index is 0.000000980. The van der Waals surface area contributed by atoms with Gasteiger partial charge in [-0.25, -0.2) is 4.98 Å². The van der Waals surface area contributed by atoms with Crippen molar-refractivity contribution < 1.29 is 0 Å². The fourth-order valence-corrected chi connectivity index (χ4v) is 1.63. The molecule has 3 nitrogen and oxygen atoms in total. The normalized spacial score (nSPS) is 21.0. The SMILES string of the molecule is Cl.c1ccc(N[C@H]2CCCNC2)nc1. The molecule has 14 heavy (non-hydrogen) atoms. The van der Waals surface area contributed by atoms with Gasteiger partial charge in [-0.2, -0.15) is 0 Å². The minimum atomic E-state index is 0. The zero-order valence-electron chi connectivity index (χ0n) is 8.07. The first-order chi connectivity index (χ1) is 6.45. The average Bonchev–Trinajstić information content (AvgIpc) is 2.21. The summed E-state index contributed by atoms with van der Waals surface area (Å²) < 4.78 is 0. The predicted molar refractivity (Wildman–Crippen MR) is 61.0 cm³/mol. The van der Waals surface area contributed by atoms with Gasteiger partial charge in [-0.1, -0.05) is 6.07 Å². The van der Waals surface area contributed by atoms with E-state index < -0.39 is 0 Å². The standard InChI is InChI=1S/C10H15N3.ClH/c1-2-7-12-10(5-1)13-9-4-3-6-11-8-9;/h1-2,5,7,9,11H,3-4,6,8H2,(H,12,13);1H/t9-;/m0./s1. The van der Waals surface area contributed by atoms with Gasteiger partial charge in [0.15, 0.2) is 0 Å². The van der Waals surface area contributed by atoms with Gasteiger partial charge in [0.25, 0.3) is 0 Å². The van der Waals surface area contributed by atoms with E-state index in [-0.39, 0.29) is 12.4 Å². The van der Waals surface area contributed by atoms with Crippen LogP contribution >= 0.6 is 12.4 Å². The maximum atomic E-state index is 4.23. The van der Waals surface area contributed by atoms with Crippen LogP contribution in [-0.2, 0) is 0 Å². The lowest BCUT2D eigenvalue weighted by Crippen LogP contribution is -2.38. The minimum Gasteiger partial charge on any atom is -0.366 e. The molecule has 0 saturated carbocycles. The molecular formula is C10H16ClN3. The summed E-state index contributed by atoms with van der Waals surface area (Å²) >= 11 is 0. The molecule has 78 valence electrons. The van der Waals surface area contributed by atoms with Gasteiger partial charge in [0, 0.05) is 18.8 Å². The smallest absolute Gasteiger partial charge is 0.126 e. The van der Waals surface area contributed by atoms with Gasteiger partial charge in [-0.3, -0.25) is 0 Å². The molecule has 1 aromatic heterocycles. The molecule has 1 atom stereocenters. The van der Waals surface area contributed by atoms with Gasteiger partial charge in [0.1, 0.15) is 5.82 Å². The Kier molecular flexibility index (Phi) is 4.70. The lowest BCUT2D eigenvalue weighted by Gasteiger charge is -2.24. The van der Waals surface area contributed by atoms with Gasteiger partial charge in [-0.15, -0.1) is 12.4 Å². The number of pyridine rings is 1. The Labute approximate surface area is 90.7 Å². The highest BCUT2D eigenvalue weighted by atomic mass is 35.5. The molecule has 1 fully saturated rings. The first-order valence-corrected chi connectivity index (χ1v) is 4.83. The van der Waals surface area contributed by atoms with Crippen molar-refractivity contribution in [3.05, 3.63) is 24.4 Å². The largest absolute Gasteiger partial charge is 0.366 e. The third kappa shape index (κ3) is 3.16. The van der Waals surface area contributed by atoms with E-state index in [1.165, 1.54) is 12.8 Å². The molecule has 0 radical (unpaired) electrons. The second-order valence-electron chi connectivity index (χ2n) is 3.40. The van der Waals surface area contributed by atoms with Crippen LogP contribution in [0.2, 0.25) is 0 Å². The highest BCUT2D eigenvalue weighted by Gasteiger charge is 2.11. The summed E-state index contributed by atoms with van der Waals surface area (Å²) in [6.07, 6.45) is 4.31. The maximum Gasteiger partial charge on any atom is 0.126 e. The van der Waals surface area contributed by atoms with Crippen LogP contribution < -0.4 is 10.6 Å². The first-order valence-electron chi connectivity index (χ1n) is 4.83. The molecule has 1 aliphatic rings. The third-order valence-corrected chi connectivity index (χ3v) is 2.31. The van der Waals surface area contributed by atoms with Crippen LogP contribution in [0.25, 0.3) is 0 Å². The molecule has 1 saturated heterocycles. The molecule has 4 heteroatoms. The molecule has 0 bridgehead atoms. The molecule has 0 amide bonds. The topological polar surface area (TPSA) is 37.0 Å². The zero-order chi connectivity index (χ0) is 8.93. The van der Waals surface area contributed by atoms with Crippen molar-refractivity contribution in [1.82, 2.24) is 10.3 Å². The molecule has 1 aromatic rings. The van der Waals surface area contributed by atoms with Gasteiger partial charge < -0.3 is 10.6 Å². The Hall–Kier alpha value is -0.800. The summed E-state index contributed by atoms with van der Waals surface area (Å²) in [5.74, 6) is 0.983. The third-order valence-electron chi connectivity index (χ3n) is 2.31. The van der Waals surface area contributed by atoms with Crippen molar-refractivity contribution >= 4 is 18.2 Å². The number of anilines is 1. The summed E-state index contributed by atoms with van der Waals surface area (Å²) in [6.45, 7) is 2.21. The zero-order valence-corrected chi connectivity index (χ0v) is 8.89. The molecule has 2 rings (SSSR count). The first kappa shape index (κ1) is 11.3. The number of aromatic nitrogens is 1. The van der Waals surface area contributed by atoms with Crippen LogP contribution in [-0.4, -0.2) is 24.1 Å². The summed E-state index contributed by atoms with van der Waals surface area (Å²) in [4.78, 5) is 4.23. The Bertz CT molecular complexity index is 247. The number of nitrogens with zero attached hydrogens (tertiary/aromatic N) is 1. The summed E-state index contributed by atoms with van der Waals surface area (Å²) in [5.41, 5.74) is 0. The van der Waals surface area contributed by atoms with E-state index in [1.54, 1.807) is 0 Å². The van der Waals surface area contributed by atoms with Gasteiger partial charge in [0.05, 0.1) is 0 Å². The van der Waals surface area contributed by atoms with Crippen LogP contribution in [0.1, 0.15) is 12.8 Å². The van der Waals surface area contributed by atoms with Crippen LogP contribution in [0.5, 0.6) is 0 Å². The van der Waals surface area contributed by atoms with E-state index in [1.807, 2.05) is 24.4 Å². The molecule has 0 spiro atoms. The van der Waals surface area contributed by atoms with E-state index in [0.29, 0.717) is 6.04 Å². The number of hydrogen-bond acceptors (Lipinski definition) is 3. The molecule has 2 N–H and O–H groups in total. The second kappa shape index (κ2) is 5.83. The van der Waals surface area contributed by atoms with Crippen LogP contribution in [0.15, 0.2) is 24.4 Å². The molecule has 1 aliphatic heterocycles. The van der Waals surface area contributed by atoms with E-state index >= 15 is 0 Å². The average molecular weight is 214 g/mol. The number of halogens is 1. The van der Waals surface area contributed by atoms with Gasteiger partial charge in [0.2, 0.25) is 0 Å². The van der Waals surface area contributed by atoms with Gasteiger partial charge in [-0.05, 0) is 31.5 Å². The van der Waals surface area contributed by atoms with E-state index in [2.05, 4.69) is 15.6 Å². The van der Waals surface area contributed by atoms with Crippen molar-refractivity contribution in [2.75, 3.05) is 18.4 Å². The Morgan fingerprint density at radius 1 is 1.43 bits per heavy atom. The molecule has 2 heterocycles. The summed E-state index contributed by atoms with van der Waals surface area (Å²) in [6, 6.07) is 6.49. The van der Waals surface area contributed by atoms with Crippen LogP contribution in [0.3, 0.4) is 0 Å². The summed E-state index contributed by atoms with van der Waals surface area (Å²) in [5, 5.41) is 6.77. The summed E-state index contributed by atoms with van der Waals surface area (Å²) in [7, 11) is 0.